The smallest absolute Gasteiger partial charge is 0.136 e. The van der Waals surface area contributed by atoms with Crippen molar-refractivity contribution >= 4 is 0 Å². The molecule has 1 unspecified atom stereocenters. The maximum absolute atomic E-state index is 6.12. The standard InChI is InChI=1S/C18H23NO/c1-15(2)13-19-14-18(16-9-5-3-6-10-16)20-17-11-7-4-8-12-17/h3-12,15,18-19H,13-14H2,1-2H3. The molecule has 2 nitrogen and oxygen atoms in total. The van der Waals surface area contributed by atoms with E-state index < -0.39 is 0 Å². The third kappa shape index (κ3) is 4.71. The van der Waals surface area contributed by atoms with E-state index in [2.05, 4.69) is 43.4 Å². The molecule has 0 bridgehead atoms. The van der Waals surface area contributed by atoms with Gasteiger partial charge in [0.05, 0.1) is 0 Å². The van der Waals surface area contributed by atoms with Crippen molar-refractivity contribution < 1.29 is 4.74 Å². The first-order valence-electron chi connectivity index (χ1n) is 7.23. The van der Waals surface area contributed by atoms with Gasteiger partial charge in [0.25, 0.3) is 0 Å². The van der Waals surface area contributed by atoms with Crippen LogP contribution in [-0.4, -0.2) is 13.1 Å². The SMILES string of the molecule is CC(C)CNCC(Oc1ccccc1)c1ccccc1. The van der Waals surface area contributed by atoms with E-state index in [1.807, 2.05) is 36.4 Å². The van der Waals surface area contributed by atoms with Crippen molar-refractivity contribution in [2.24, 2.45) is 5.92 Å². The highest BCUT2D eigenvalue weighted by atomic mass is 16.5. The molecule has 0 spiro atoms. The van der Waals surface area contributed by atoms with Crippen LogP contribution >= 0.6 is 0 Å². The van der Waals surface area contributed by atoms with Crippen molar-refractivity contribution in [3.8, 4) is 5.75 Å². The van der Waals surface area contributed by atoms with E-state index in [-0.39, 0.29) is 6.10 Å². The van der Waals surface area contributed by atoms with Crippen LogP contribution in [-0.2, 0) is 0 Å². The van der Waals surface area contributed by atoms with Crippen LogP contribution < -0.4 is 10.1 Å². The Morgan fingerprint density at radius 3 is 2.05 bits per heavy atom. The predicted octanol–water partition coefficient (Wildman–Crippen LogP) is 4.05. The van der Waals surface area contributed by atoms with Crippen LogP contribution in [0.1, 0.15) is 25.5 Å². The van der Waals surface area contributed by atoms with Gasteiger partial charge in [-0.25, -0.2) is 0 Å². The Balaban J connectivity index is 2.04. The van der Waals surface area contributed by atoms with Crippen LogP contribution in [0.25, 0.3) is 0 Å². The highest BCUT2D eigenvalue weighted by Crippen LogP contribution is 2.21. The van der Waals surface area contributed by atoms with Gasteiger partial charge in [-0.15, -0.1) is 0 Å². The number of hydrogen-bond donors (Lipinski definition) is 1. The molecule has 1 atom stereocenters. The van der Waals surface area contributed by atoms with Gasteiger partial charge in [-0.2, -0.15) is 0 Å². The van der Waals surface area contributed by atoms with Crippen molar-refractivity contribution in [2.75, 3.05) is 13.1 Å². The molecular formula is C18H23NO. The number of hydrogen-bond acceptors (Lipinski definition) is 2. The fourth-order valence-corrected chi connectivity index (χ4v) is 2.06. The third-order valence-electron chi connectivity index (χ3n) is 3.08. The summed E-state index contributed by atoms with van der Waals surface area (Å²) in [7, 11) is 0. The molecule has 0 fully saturated rings. The zero-order chi connectivity index (χ0) is 14.2. The lowest BCUT2D eigenvalue weighted by molar-refractivity contribution is 0.200. The van der Waals surface area contributed by atoms with E-state index in [4.69, 9.17) is 4.74 Å². The number of ether oxygens (including phenoxy) is 1. The highest BCUT2D eigenvalue weighted by molar-refractivity contribution is 5.24. The lowest BCUT2D eigenvalue weighted by atomic mass is 10.1. The summed E-state index contributed by atoms with van der Waals surface area (Å²) >= 11 is 0. The second-order valence-corrected chi connectivity index (χ2v) is 5.38. The fourth-order valence-electron chi connectivity index (χ4n) is 2.06. The number of benzene rings is 2. The van der Waals surface area contributed by atoms with Crippen LogP contribution in [0.4, 0.5) is 0 Å². The maximum atomic E-state index is 6.12. The van der Waals surface area contributed by atoms with Gasteiger partial charge in [0, 0.05) is 6.54 Å². The lowest BCUT2D eigenvalue weighted by Gasteiger charge is -2.21. The molecule has 1 N–H and O–H groups in total. The summed E-state index contributed by atoms with van der Waals surface area (Å²) in [6.07, 6.45) is 0.0392. The fraction of sp³-hybridized carbons (Fsp3) is 0.333. The summed E-state index contributed by atoms with van der Waals surface area (Å²) in [5.41, 5.74) is 1.20. The monoisotopic (exact) mass is 269 g/mol. The van der Waals surface area contributed by atoms with E-state index >= 15 is 0 Å². The second kappa shape index (κ2) is 7.71. The summed E-state index contributed by atoms with van der Waals surface area (Å²) in [6, 6.07) is 20.4. The molecule has 0 aliphatic carbocycles. The quantitative estimate of drug-likeness (QED) is 0.818. The van der Waals surface area contributed by atoms with E-state index in [9.17, 15) is 0 Å². The summed E-state index contributed by atoms with van der Waals surface area (Å²) in [6.45, 7) is 6.24. The Labute approximate surface area is 121 Å². The summed E-state index contributed by atoms with van der Waals surface area (Å²) in [4.78, 5) is 0. The molecule has 0 aliphatic rings. The molecule has 2 heteroatoms. The average Bonchev–Trinajstić information content (AvgIpc) is 2.48. The molecule has 0 heterocycles. The highest BCUT2D eigenvalue weighted by Gasteiger charge is 2.12. The van der Waals surface area contributed by atoms with Gasteiger partial charge in [-0.05, 0) is 30.2 Å². The summed E-state index contributed by atoms with van der Waals surface area (Å²) in [5, 5.41) is 3.48. The Morgan fingerprint density at radius 1 is 0.850 bits per heavy atom. The van der Waals surface area contributed by atoms with Gasteiger partial charge < -0.3 is 10.1 Å². The van der Waals surface area contributed by atoms with Gasteiger partial charge in [0.15, 0.2) is 0 Å². The predicted molar refractivity (Wildman–Crippen MR) is 84.0 cm³/mol. The van der Waals surface area contributed by atoms with Crippen molar-refractivity contribution in [3.63, 3.8) is 0 Å². The Hall–Kier alpha value is -1.80. The van der Waals surface area contributed by atoms with Crippen molar-refractivity contribution in [1.29, 1.82) is 0 Å². The van der Waals surface area contributed by atoms with Crippen LogP contribution in [0.5, 0.6) is 5.75 Å². The van der Waals surface area contributed by atoms with Crippen molar-refractivity contribution in [3.05, 3.63) is 66.2 Å². The molecule has 2 aromatic rings. The average molecular weight is 269 g/mol. The van der Waals surface area contributed by atoms with Crippen molar-refractivity contribution in [1.82, 2.24) is 5.32 Å². The Bertz CT molecular complexity index is 481. The first-order chi connectivity index (χ1) is 9.75. The molecule has 0 saturated carbocycles. The van der Waals surface area contributed by atoms with Crippen LogP contribution in [0, 0.1) is 5.92 Å². The van der Waals surface area contributed by atoms with Crippen LogP contribution in [0.15, 0.2) is 60.7 Å². The van der Waals surface area contributed by atoms with Gasteiger partial charge in [0.1, 0.15) is 11.9 Å². The minimum absolute atomic E-state index is 0.0392. The molecule has 20 heavy (non-hydrogen) atoms. The second-order valence-electron chi connectivity index (χ2n) is 5.38. The minimum Gasteiger partial charge on any atom is -0.484 e. The molecule has 0 aliphatic heterocycles. The largest absolute Gasteiger partial charge is 0.484 e. The number of nitrogens with one attached hydrogen (secondary N) is 1. The molecule has 2 aromatic carbocycles. The summed E-state index contributed by atoms with van der Waals surface area (Å²) in [5.74, 6) is 1.55. The zero-order valence-corrected chi connectivity index (χ0v) is 12.3. The molecule has 0 radical (unpaired) electrons. The molecule has 0 aromatic heterocycles. The van der Waals surface area contributed by atoms with Crippen LogP contribution in [0.2, 0.25) is 0 Å². The third-order valence-corrected chi connectivity index (χ3v) is 3.08. The van der Waals surface area contributed by atoms with E-state index in [0.717, 1.165) is 18.8 Å². The summed E-state index contributed by atoms with van der Waals surface area (Å²) < 4.78 is 6.12. The Kier molecular flexibility index (Phi) is 5.63. The van der Waals surface area contributed by atoms with Gasteiger partial charge in [-0.3, -0.25) is 0 Å². The first kappa shape index (κ1) is 14.6. The topological polar surface area (TPSA) is 21.3 Å². The maximum Gasteiger partial charge on any atom is 0.136 e. The van der Waals surface area contributed by atoms with E-state index in [1.54, 1.807) is 0 Å². The first-order valence-corrected chi connectivity index (χ1v) is 7.23. The number of para-hydroxylation sites is 1. The molecular weight excluding hydrogens is 246 g/mol. The molecule has 2 rings (SSSR count). The van der Waals surface area contributed by atoms with Crippen LogP contribution in [0.3, 0.4) is 0 Å². The number of rotatable bonds is 7. The lowest BCUT2D eigenvalue weighted by Crippen LogP contribution is -2.28. The van der Waals surface area contributed by atoms with Gasteiger partial charge in [-0.1, -0.05) is 62.4 Å². The van der Waals surface area contributed by atoms with Gasteiger partial charge in [0.2, 0.25) is 0 Å². The van der Waals surface area contributed by atoms with E-state index in [0.29, 0.717) is 5.92 Å². The molecule has 106 valence electrons. The van der Waals surface area contributed by atoms with Gasteiger partial charge >= 0.3 is 0 Å². The molecule has 0 saturated heterocycles. The van der Waals surface area contributed by atoms with E-state index in [1.165, 1.54) is 5.56 Å². The zero-order valence-electron chi connectivity index (χ0n) is 12.3. The Morgan fingerprint density at radius 2 is 1.45 bits per heavy atom. The molecule has 0 amide bonds. The minimum atomic E-state index is 0.0392. The van der Waals surface area contributed by atoms with Crippen molar-refractivity contribution in [2.45, 2.75) is 20.0 Å². The normalized spacial score (nSPS) is 12.3.